The predicted octanol–water partition coefficient (Wildman–Crippen LogP) is 1.88. The maximum Gasteiger partial charge on any atom is 0.224 e. The van der Waals surface area contributed by atoms with E-state index in [9.17, 15) is 9.59 Å². The molecule has 0 spiro atoms. The molecule has 1 aromatic carbocycles. The Morgan fingerprint density at radius 2 is 2.16 bits per heavy atom. The zero-order valence-corrected chi connectivity index (χ0v) is 15.0. The quantitative estimate of drug-likeness (QED) is 0.815. The summed E-state index contributed by atoms with van der Waals surface area (Å²) >= 11 is 0. The van der Waals surface area contributed by atoms with Crippen molar-refractivity contribution in [2.24, 2.45) is 13.0 Å². The summed E-state index contributed by atoms with van der Waals surface area (Å²) in [6.45, 7) is 3.81. The van der Waals surface area contributed by atoms with Gasteiger partial charge in [0.05, 0.1) is 17.0 Å². The molecule has 2 aromatic rings. The summed E-state index contributed by atoms with van der Waals surface area (Å²) in [5.41, 5.74) is 2.14. The van der Waals surface area contributed by atoms with E-state index in [1.165, 1.54) is 0 Å². The summed E-state index contributed by atoms with van der Waals surface area (Å²) in [5.74, 6) is 1.19. The molecule has 3 rings (SSSR count). The van der Waals surface area contributed by atoms with Crippen LogP contribution in [-0.4, -0.2) is 45.9 Å². The molecule has 134 valence electrons. The standard InChI is InChI=1S/C19H26N4O2/c1-3-23-13-14(10-11-18(23)24)19(25)20-12-6-9-17-21-15-7-4-5-8-16(15)22(17)2/h4-5,7-8,14H,3,6,9-13H2,1-2H3,(H,20,25)/t14-/m1/s1. The Morgan fingerprint density at radius 3 is 2.92 bits per heavy atom. The van der Waals surface area contributed by atoms with Gasteiger partial charge in [-0.2, -0.15) is 0 Å². The number of aryl methyl sites for hydroxylation is 2. The lowest BCUT2D eigenvalue weighted by atomic mass is 9.96. The fourth-order valence-electron chi connectivity index (χ4n) is 3.46. The van der Waals surface area contributed by atoms with Gasteiger partial charge in [0, 0.05) is 39.5 Å². The van der Waals surface area contributed by atoms with Crippen LogP contribution in [0, 0.1) is 5.92 Å². The van der Waals surface area contributed by atoms with Crippen molar-refractivity contribution in [1.82, 2.24) is 19.8 Å². The number of likely N-dealkylation sites (tertiary alicyclic amines) is 1. The van der Waals surface area contributed by atoms with Gasteiger partial charge in [0.15, 0.2) is 0 Å². The van der Waals surface area contributed by atoms with E-state index in [0.29, 0.717) is 32.5 Å². The van der Waals surface area contributed by atoms with E-state index in [-0.39, 0.29) is 17.7 Å². The first kappa shape index (κ1) is 17.5. The number of fused-ring (bicyclic) bond motifs is 1. The number of carbonyl (C=O) groups is 2. The number of para-hydroxylation sites is 2. The number of hydrogen-bond donors (Lipinski definition) is 1. The molecule has 1 aromatic heterocycles. The minimum Gasteiger partial charge on any atom is -0.356 e. The van der Waals surface area contributed by atoms with Crippen molar-refractivity contribution < 1.29 is 9.59 Å². The molecule has 1 atom stereocenters. The van der Waals surface area contributed by atoms with Gasteiger partial charge in [-0.05, 0) is 31.9 Å². The molecule has 2 amide bonds. The molecule has 25 heavy (non-hydrogen) atoms. The summed E-state index contributed by atoms with van der Waals surface area (Å²) in [6.07, 6.45) is 2.82. The topological polar surface area (TPSA) is 67.2 Å². The van der Waals surface area contributed by atoms with E-state index in [0.717, 1.165) is 29.7 Å². The van der Waals surface area contributed by atoms with Crippen LogP contribution in [0.1, 0.15) is 32.0 Å². The Morgan fingerprint density at radius 1 is 1.36 bits per heavy atom. The summed E-state index contributed by atoms with van der Waals surface area (Å²) in [5, 5.41) is 3.02. The molecular formula is C19H26N4O2. The maximum absolute atomic E-state index is 12.3. The van der Waals surface area contributed by atoms with E-state index in [1.54, 1.807) is 4.90 Å². The van der Waals surface area contributed by atoms with Gasteiger partial charge in [-0.1, -0.05) is 12.1 Å². The fraction of sp³-hybridized carbons (Fsp3) is 0.526. The van der Waals surface area contributed by atoms with E-state index >= 15 is 0 Å². The Labute approximate surface area is 148 Å². The van der Waals surface area contributed by atoms with Gasteiger partial charge in [0.2, 0.25) is 11.8 Å². The average molecular weight is 342 g/mol. The highest BCUT2D eigenvalue weighted by atomic mass is 16.2. The second-order valence-corrected chi connectivity index (χ2v) is 6.64. The number of amides is 2. The lowest BCUT2D eigenvalue weighted by Crippen LogP contribution is -2.45. The van der Waals surface area contributed by atoms with E-state index in [2.05, 4.69) is 20.9 Å². The highest BCUT2D eigenvalue weighted by molar-refractivity contribution is 5.83. The van der Waals surface area contributed by atoms with Gasteiger partial charge < -0.3 is 14.8 Å². The third-order valence-electron chi connectivity index (χ3n) is 5.01. The zero-order chi connectivity index (χ0) is 17.8. The van der Waals surface area contributed by atoms with Crippen molar-refractivity contribution in [3.05, 3.63) is 30.1 Å². The first-order valence-corrected chi connectivity index (χ1v) is 9.06. The smallest absolute Gasteiger partial charge is 0.224 e. The van der Waals surface area contributed by atoms with Crippen molar-refractivity contribution in [2.45, 2.75) is 32.6 Å². The molecule has 6 heteroatoms. The number of aromatic nitrogens is 2. The van der Waals surface area contributed by atoms with Gasteiger partial charge in [-0.3, -0.25) is 9.59 Å². The number of carbonyl (C=O) groups excluding carboxylic acids is 2. The lowest BCUT2D eigenvalue weighted by Gasteiger charge is -2.31. The molecule has 0 unspecified atom stereocenters. The van der Waals surface area contributed by atoms with Crippen molar-refractivity contribution >= 4 is 22.8 Å². The lowest BCUT2D eigenvalue weighted by molar-refractivity contribution is -0.138. The van der Waals surface area contributed by atoms with E-state index in [1.807, 2.05) is 32.2 Å². The third-order valence-corrected chi connectivity index (χ3v) is 5.01. The van der Waals surface area contributed by atoms with Gasteiger partial charge in [0.25, 0.3) is 0 Å². The van der Waals surface area contributed by atoms with Crippen molar-refractivity contribution in [1.29, 1.82) is 0 Å². The van der Waals surface area contributed by atoms with Crippen LogP contribution in [0.25, 0.3) is 11.0 Å². The van der Waals surface area contributed by atoms with Crippen LogP contribution >= 0.6 is 0 Å². The number of nitrogens with one attached hydrogen (secondary N) is 1. The monoisotopic (exact) mass is 342 g/mol. The molecule has 6 nitrogen and oxygen atoms in total. The van der Waals surface area contributed by atoms with E-state index < -0.39 is 0 Å². The second-order valence-electron chi connectivity index (χ2n) is 6.64. The van der Waals surface area contributed by atoms with Gasteiger partial charge in [-0.25, -0.2) is 4.98 Å². The largest absolute Gasteiger partial charge is 0.356 e. The molecule has 1 aliphatic rings. The first-order valence-electron chi connectivity index (χ1n) is 9.06. The van der Waals surface area contributed by atoms with Gasteiger partial charge in [-0.15, -0.1) is 0 Å². The highest BCUT2D eigenvalue weighted by Gasteiger charge is 2.28. The van der Waals surface area contributed by atoms with Gasteiger partial charge in [0.1, 0.15) is 5.82 Å². The molecule has 0 saturated carbocycles. The number of rotatable bonds is 6. The third kappa shape index (κ3) is 3.83. The van der Waals surface area contributed by atoms with Crippen LogP contribution < -0.4 is 5.32 Å². The predicted molar refractivity (Wildman–Crippen MR) is 97.0 cm³/mol. The van der Waals surface area contributed by atoms with Crippen molar-refractivity contribution in [2.75, 3.05) is 19.6 Å². The van der Waals surface area contributed by atoms with Crippen LogP contribution in [0.3, 0.4) is 0 Å². The maximum atomic E-state index is 12.3. The Balaban J connectivity index is 1.47. The Kier molecular flexibility index (Phi) is 5.36. The SMILES string of the molecule is CCN1C[C@H](C(=O)NCCCc2nc3ccccc3n2C)CCC1=O. The van der Waals surface area contributed by atoms with Crippen LogP contribution in [0.5, 0.6) is 0 Å². The number of piperidine rings is 1. The number of hydrogen-bond acceptors (Lipinski definition) is 3. The second kappa shape index (κ2) is 7.68. The van der Waals surface area contributed by atoms with Crippen LogP contribution in [0.4, 0.5) is 0 Å². The van der Waals surface area contributed by atoms with E-state index in [4.69, 9.17) is 0 Å². The minimum atomic E-state index is -0.0756. The number of imidazole rings is 1. The molecule has 0 aliphatic carbocycles. The molecule has 1 aliphatic heterocycles. The van der Waals surface area contributed by atoms with Crippen molar-refractivity contribution in [3.63, 3.8) is 0 Å². The number of benzene rings is 1. The molecule has 1 N–H and O–H groups in total. The molecule has 2 heterocycles. The average Bonchev–Trinajstić information content (AvgIpc) is 2.95. The van der Waals surface area contributed by atoms with Crippen LogP contribution in [0.2, 0.25) is 0 Å². The normalized spacial score (nSPS) is 17.9. The summed E-state index contributed by atoms with van der Waals surface area (Å²) < 4.78 is 2.11. The van der Waals surface area contributed by atoms with Crippen LogP contribution in [-0.2, 0) is 23.1 Å². The molecule has 0 radical (unpaired) electrons. The summed E-state index contributed by atoms with van der Waals surface area (Å²) in [4.78, 5) is 30.4. The zero-order valence-electron chi connectivity index (χ0n) is 15.0. The fourth-order valence-corrected chi connectivity index (χ4v) is 3.46. The number of nitrogens with zero attached hydrogens (tertiary/aromatic N) is 3. The van der Waals surface area contributed by atoms with Gasteiger partial charge >= 0.3 is 0 Å². The molecule has 1 saturated heterocycles. The van der Waals surface area contributed by atoms with Crippen LogP contribution in [0.15, 0.2) is 24.3 Å². The summed E-state index contributed by atoms with van der Waals surface area (Å²) in [7, 11) is 2.03. The minimum absolute atomic E-state index is 0.0657. The highest BCUT2D eigenvalue weighted by Crippen LogP contribution is 2.18. The molecule has 0 bridgehead atoms. The first-order chi connectivity index (χ1) is 12.1. The molecular weight excluding hydrogens is 316 g/mol. The molecule has 1 fully saturated rings. The Hall–Kier alpha value is -2.37. The Bertz CT molecular complexity index is 768. The van der Waals surface area contributed by atoms with Crippen molar-refractivity contribution in [3.8, 4) is 0 Å². The summed E-state index contributed by atoms with van der Waals surface area (Å²) in [6, 6.07) is 8.10.